The fourth-order valence-electron chi connectivity index (χ4n) is 1.97. The molecule has 0 aliphatic rings. The van der Waals surface area contributed by atoms with Gasteiger partial charge >= 0.3 is 12.0 Å². The lowest BCUT2D eigenvalue weighted by Crippen LogP contribution is -2.37. The molecule has 1 aromatic carbocycles. The molecule has 0 aliphatic carbocycles. The highest BCUT2D eigenvalue weighted by Crippen LogP contribution is 2.33. The molecule has 0 heterocycles. The van der Waals surface area contributed by atoms with Crippen LogP contribution in [0.25, 0.3) is 0 Å². The Morgan fingerprint density at radius 3 is 2.29 bits per heavy atom. The number of hydrogen-bond acceptors (Lipinski definition) is 3. The second-order valence-electron chi connectivity index (χ2n) is 6.23. The molecule has 1 rings (SSSR count). The van der Waals surface area contributed by atoms with Crippen molar-refractivity contribution in [2.45, 2.75) is 45.3 Å². The Kier molecular flexibility index (Phi) is 5.86. The monoisotopic (exact) mass is 346 g/mol. The number of amides is 2. The number of halogens is 3. The first kappa shape index (κ1) is 19.8. The molecule has 0 aromatic heterocycles. The predicted octanol–water partition coefficient (Wildman–Crippen LogP) is 3.25. The van der Waals surface area contributed by atoms with Crippen LogP contribution < -0.4 is 10.6 Å². The van der Waals surface area contributed by atoms with E-state index in [4.69, 9.17) is 4.74 Å². The molecule has 1 atom stereocenters. The van der Waals surface area contributed by atoms with E-state index < -0.39 is 40.9 Å². The summed E-state index contributed by atoms with van der Waals surface area (Å²) in [6, 6.07) is 2.34. The van der Waals surface area contributed by atoms with E-state index in [0.29, 0.717) is 0 Å². The molecule has 0 saturated carbocycles. The van der Waals surface area contributed by atoms with Crippen LogP contribution in [0.5, 0.6) is 0 Å². The Labute approximate surface area is 138 Å². The molecule has 0 radical (unpaired) electrons. The number of ether oxygens (including phenoxy) is 1. The molecule has 0 bridgehead atoms. The van der Waals surface area contributed by atoms with Crippen LogP contribution >= 0.6 is 0 Å². The zero-order valence-corrected chi connectivity index (χ0v) is 14.2. The molecule has 134 valence electrons. The molecule has 0 saturated heterocycles. The number of alkyl carbamates (subject to hydrolysis) is 1. The van der Waals surface area contributed by atoms with Crippen LogP contribution in [-0.4, -0.2) is 24.6 Å². The van der Waals surface area contributed by atoms with Gasteiger partial charge < -0.3 is 15.4 Å². The summed E-state index contributed by atoms with van der Waals surface area (Å²) in [4.78, 5) is 23.0. The van der Waals surface area contributed by atoms with Gasteiger partial charge in [0.05, 0.1) is 11.6 Å². The Balaban J connectivity index is 3.08. The van der Waals surface area contributed by atoms with E-state index in [0.717, 1.165) is 13.1 Å². The van der Waals surface area contributed by atoms with Crippen molar-refractivity contribution in [2.24, 2.45) is 0 Å². The molecule has 0 fully saturated rings. The quantitative estimate of drug-likeness (QED) is 0.879. The van der Waals surface area contributed by atoms with Crippen LogP contribution in [0.1, 0.15) is 44.9 Å². The van der Waals surface area contributed by atoms with Gasteiger partial charge in [-0.1, -0.05) is 12.1 Å². The van der Waals surface area contributed by atoms with Crippen LogP contribution in [0, 0.1) is 5.82 Å². The molecule has 1 unspecified atom stereocenters. The van der Waals surface area contributed by atoms with Crippen molar-refractivity contribution in [3.8, 4) is 0 Å². The predicted molar refractivity (Wildman–Crippen MR) is 82.1 cm³/mol. The van der Waals surface area contributed by atoms with Crippen LogP contribution in [0.3, 0.4) is 0 Å². The van der Waals surface area contributed by atoms with E-state index in [1.165, 1.54) is 19.1 Å². The van der Waals surface area contributed by atoms with Crippen LogP contribution in [0.15, 0.2) is 18.2 Å². The summed E-state index contributed by atoms with van der Waals surface area (Å²) in [6.45, 7) is 6.39. The van der Waals surface area contributed by atoms with Crippen LogP contribution in [-0.2, 0) is 15.5 Å². The van der Waals surface area contributed by atoms with Crippen molar-refractivity contribution in [1.82, 2.24) is 10.6 Å². The van der Waals surface area contributed by atoms with Gasteiger partial charge in [-0.3, -0.25) is 4.79 Å². The van der Waals surface area contributed by atoms with Crippen molar-refractivity contribution in [3.63, 3.8) is 0 Å². The minimum atomic E-state index is -4.03. The Hall–Kier alpha value is -2.25. The third-order valence-electron chi connectivity index (χ3n) is 3.08. The lowest BCUT2D eigenvalue weighted by Gasteiger charge is -2.23. The largest absolute Gasteiger partial charge is 0.444 e. The van der Waals surface area contributed by atoms with Gasteiger partial charge in [0.1, 0.15) is 11.4 Å². The molecular formula is C16H21F3N2O3. The van der Waals surface area contributed by atoms with Crippen molar-refractivity contribution >= 4 is 12.0 Å². The number of hydrogen-bond donors (Lipinski definition) is 2. The van der Waals surface area contributed by atoms with Gasteiger partial charge in [-0.05, 0) is 33.8 Å². The number of carbonyl (C=O) groups excluding carboxylic acids is 2. The van der Waals surface area contributed by atoms with Crippen molar-refractivity contribution in [3.05, 3.63) is 35.1 Å². The number of alkyl halides is 2. The maximum absolute atomic E-state index is 14.5. The number of rotatable bonds is 4. The van der Waals surface area contributed by atoms with Crippen molar-refractivity contribution in [1.29, 1.82) is 0 Å². The Bertz CT molecular complexity index is 627. The zero-order valence-electron chi connectivity index (χ0n) is 14.2. The highest BCUT2D eigenvalue weighted by molar-refractivity contribution is 5.84. The van der Waals surface area contributed by atoms with E-state index in [9.17, 15) is 22.8 Å². The number of nitrogens with one attached hydrogen (secondary N) is 2. The average molecular weight is 346 g/mol. The lowest BCUT2D eigenvalue weighted by molar-refractivity contribution is -0.146. The van der Waals surface area contributed by atoms with Gasteiger partial charge in [-0.25, -0.2) is 9.18 Å². The Morgan fingerprint density at radius 2 is 1.79 bits per heavy atom. The third-order valence-corrected chi connectivity index (χ3v) is 3.08. The summed E-state index contributed by atoms with van der Waals surface area (Å²) in [5, 5.41) is 4.16. The summed E-state index contributed by atoms with van der Waals surface area (Å²) in [5.41, 5.74) is -1.99. The molecule has 2 amide bonds. The normalized spacial score (nSPS) is 13.2. The van der Waals surface area contributed by atoms with E-state index in [1.807, 2.05) is 0 Å². The lowest BCUT2D eigenvalue weighted by atomic mass is 9.99. The first-order chi connectivity index (χ1) is 10.9. The summed E-state index contributed by atoms with van der Waals surface area (Å²) < 4.78 is 47.4. The molecule has 2 N–H and O–H groups in total. The van der Waals surface area contributed by atoms with Crippen molar-refractivity contribution < 1.29 is 27.5 Å². The number of likely N-dealkylation sites (N-methyl/N-ethyl adjacent to an activating group) is 1. The molecular weight excluding hydrogens is 325 g/mol. The van der Waals surface area contributed by atoms with Gasteiger partial charge in [0.2, 0.25) is 0 Å². The molecule has 8 heteroatoms. The van der Waals surface area contributed by atoms with Gasteiger partial charge in [0.25, 0.3) is 5.91 Å². The summed E-state index contributed by atoms with van der Waals surface area (Å²) in [7, 11) is 1.03. The highest BCUT2D eigenvalue weighted by atomic mass is 19.3. The number of benzene rings is 1. The van der Waals surface area contributed by atoms with Crippen LogP contribution in [0.2, 0.25) is 0 Å². The summed E-state index contributed by atoms with van der Waals surface area (Å²) >= 11 is 0. The Morgan fingerprint density at radius 1 is 1.21 bits per heavy atom. The summed E-state index contributed by atoms with van der Waals surface area (Å²) in [5.74, 6) is -6.90. The average Bonchev–Trinajstić information content (AvgIpc) is 2.43. The molecule has 0 spiro atoms. The third kappa shape index (κ3) is 4.62. The SMILES string of the molecule is CNC(=O)C(F)(F)c1cccc(C(C)NC(=O)OC(C)(C)C)c1F. The maximum atomic E-state index is 14.5. The van der Waals surface area contributed by atoms with E-state index in [2.05, 4.69) is 5.32 Å². The second kappa shape index (κ2) is 7.11. The molecule has 24 heavy (non-hydrogen) atoms. The van der Waals surface area contributed by atoms with Gasteiger partial charge in [-0.15, -0.1) is 0 Å². The van der Waals surface area contributed by atoms with E-state index in [1.54, 1.807) is 26.1 Å². The smallest absolute Gasteiger partial charge is 0.408 e. The first-order valence-electron chi connectivity index (χ1n) is 7.28. The molecule has 1 aromatic rings. The molecule has 5 nitrogen and oxygen atoms in total. The fourth-order valence-corrected chi connectivity index (χ4v) is 1.97. The highest BCUT2D eigenvalue weighted by Gasteiger charge is 2.43. The minimum absolute atomic E-state index is 0.179. The van der Waals surface area contributed by atoms with Gasteiger partial charge in [0.15, 0.2) is 0 Å². The van der Waals surface area contributed by atoms with E-state index >= 15 is 0 Å². The fraction of sp³-hybridized carbons (Fsp3) is 0.500. The van der Waals surface area contributed by atoms with Crippen molar-refractivity contribution in [2.75, 3.05) is 7.05 Å². The zero-order chi connectivity index (χ0) is 18.7. The van der Waals surface area contributed by atoms with Crippen LogP contribution in [0.4, 0.5) is 18.0 Å². The number of carbonyl (C=O) groups is 2. The minimum Gasteiger partial charge on any atom is -0.444 e. The molecule has 0 aliphatic heterocycles. The standard InChI is InChI=1S/C16H21F3N2O3/c1-9(21-14(23)24-15(2,3)4)10-7-6-8-11(12(10)17)16(18,19)13(22)20-5/h6-9H,1-5H3,(H,20,22)(H,21,23). The van der Waals surface area contributed by atoms with E-state index in [-0.39, 0.29) is 5.56 Å². The topological polar surface area (TPSA) is 67.4 Å². The van der Waals surface area contributed by atoms with Gasteiger partial charge in [0, 0.05) is 12.6 Å². The maximum Gasteiger partial charge on any atom is 0.408 e. The summed E-state index contributed by atoms with van der Waals surface area (Å²) in [6.07, 6.45) is -0.808. The van der Waals surface area contributed by atoms with Gasteiger partial charge in [-0.2, -0.15) is 8.78 Å². The second-order valence-corrected chi connectivity index (χ2v) is 6.23. The first-order valence-corrected chi connectivity index (χ1v) is 7.28.